The van der Waals surface area contributed by atoms with Crippen LogP contribution in [0.25, 0.3) is 0 Å². The third kappa shape index (κ3) is 3.08. The van der Waals surface area contributed by atoms with E-state index < -0.39 is 0 Å². The van der Waals surface area contributed by atoms with Gasteiger partial charge in [-0.25, -0.2) is 0 Å². The van der Waals surface area contributed by atoms with Gasteiger partial charge in [0.1, 0.15) is 6.04 Å². The van der Waals surface area contributed by atoms with E-state index in [9.17, 15) is 9.59 Å². The van der Waals surface area contributed by atoms with Crippen molar-refractivity contribution in [2.24, 2.45) is 0 Å². The van der Waals surface area contributed by atoms with Crippen molar-refractivity contribution in [1.82, 2.24) is 15.1 Å². The molecule has 0 unspecified atom stereocenters. The van der Waals surface area contributed by atoms with Crippen LogP contribution < -0.4 is 5.32 Å². The van der Waals surface area contributed by atoms with Crippen LogP contribution >= 0.6 is 0 Å². The van der Waals surface area contributed by atoms with Crippen LogP contribution in [0.2, 0.25) is 0 Å². The number of rotatable bonds is 2. The second kappa shape index (κ2) is 5.90. The summed E-state index contributed by atoms with van der Waals surface area (Å²) >= 11 is 0. The average Bonchev–Trinajstić information content (AvgIpc) is 2.60. The number of amides is 2. The molecule has 0 bridgehead atoms. The summed E-state index contributed by atoms with van der Waals surface area (Å²) in [4.78, 5) is 28.3. The first-order chi connectivity index (χ1) is 9.00. The van der Waals surface area contributed by atoms with Gasteiger partial charge in [0, 0.05) is 25.0 Å². The lowest BCUT2D eigenvalue weighted by Crippen LogP contribution is -2.51. The number of carbonyl (C=O) groups excluding carboxylic acids is 2. The Hall–Kier alpha value is -1.10. The number of likely N-dealkylation sites (N-methyl/N-ethyl adjacent to an activating group) is 1. The van der Waals surface area contributed by atoms with Gasteiger partial charge in [-0.1, -0.05) is 6.42 Å². The molecule has 2 rings (SSSR count). The van der Waals surface area contributed by atoms with Crippen molar-refractivity contribution in [2.45, 2.75) is 57.2 Å². The van der Waals surface area contributed by atoms with E-state index in [4.69, 9.17) is 0 Å². The Morgan fingerprint density at radius 2 is 2.05 bits per heavy atom. The van der Waals surface area contributed by atoms with Crippen LogP contribution in [0.4, 0.5) is 0 Å². The molecular weight excluding hydrogens is 242 g/mol. The van der Waals surface area contributed by atoms with Crippen molar-refractivity contribution >= 4 is 11.8 Å². The van der Waals surface area contributed by atoms with E-state index in [0.717, 1.165) is 32.2 Å². The molecule has 0 radical (unpaired) electrons. The van der Waals surface area contributed by atoms with Gasteiger partial charge in [0.25, 0.3) is 0 Å². The molecule has 0 spiro atoms. The number of carbonyl (C=O) groups is 2. The van der Waals surface area contributed by atoms with E-state index in [1.165, 1.54) is 0 Å². The summed E-state index contributed by atoms with van der Waals surface area (Å²) < 4.78 is 0. The minimum absolute atomic E-state index is 0.0202. The lowest BCUT2D eigenvalue weighted by atomic mass is 10.1. The molecule has 2 aliphatic heterocycles. The molecule has 0 saturated carbocycles. The second-order valence-electron chi connectivity index (χ2n) is 5.96. The summed E-state index contributed by atoms with van der Waals surface area (Å²) in [5.74, 6) is 0.124. The molecule has 5 heteroatoms. The maximum absolute atomic E-state index is 12.6. The number of hydrogen-bond acceptors (Lipinski definition) is 3. The predicted octanol–water partition coefficient (Wildman–Crippen LogP) is 0.596. The number of likely N-dealkylation sites (tertiary alicyclic amines) is 1. The van der Waals surface area contributed by atoms with Gasteiger partial charge in [-0.15, -0.1) is 0 Å². The third-order valence-electron chi connectivity index (χ3n) is 4.44. The van der Waals surface area contributed by atoms with Crippen LogP contribution in [0.1, 0.15) is 39.0 Å². The first-order valence-corrected chi connectivity index (χ1v) is 7.27. The molecule has 0 aromatic carbocycles. The van der Waals surface area contributed by atoms with Crippen molar-refractivity contribution in [2.75, 3.05) is 20.6 Å². The zero-order chi connectivity index (χ0) is 14.0. The Bertz CT molecular complexity index is 357. The standard InChI is InChI=1S/C14H25N3O2/c1-10-12(16(2)3)8-9-17(10)14(19)11-6-4-5-7-13(18)15-11/h10-12H,4-9H2,1-3H3,(H,15,18)/t10-,11-,12-/m1/s1. The predicted molar refractivity (Wildman–Crippen MR) is 73.7 cm³/mol. The number of nitrogens with one attached hydrogen (secondary N) is 1. The lowest BCUT2D eigenvalue weighted by Gasteiger charge is -2.30. The Labute approximate surface area is 115 Å². The SMILES string of the molecule is C[C@@H]1[C@H](N(C)C)CCN1C(=O)[C@H]1CCCCC(=O)N1. The highest BCUT2D eigenvalue weighted by Crippen LogP contribution is 2.23. The van der Waals surface area contributed by atoms with Gasteiger partial charge in [-0.05, 0) is 40.3 Å². The van der Waals surface area contributed by atoms with E-state index >= 15 is 0 Å². The maximum atomic E-state index is 12.6. The Morgan fingerprint density at radius 1 is 1.32 bits per heavy atom. The molecule has 2 saturated heterocycles. The van der Waals surface area contributed by atoms with Crippen molar-refractivity contribution in [3.05, 3.63) is 0 Å². The summed E-state index contributed by atoms with van der Waals surface area (Å²) in [5.41, 5.74) is 0. The molecule has 2 amide bonds. The van der Waals surface area contributed by atoms with E-state index in [1.54, 1.807) is 0 Å². The normalized spacial score (nSPS) is 32.3. The van der Waals surface area contributed by atoms with Gasteiger partial charge < -0.3 is 15.1 Å². The van der Waals surface area contributed by atoms with Gasteiger partial charge >= 0.3 is 0 Å². The minimum atomic E-state index is -0.307. The molecule has 19 heavy (non-hydrogen) atoms. The first kappa shape index (κ1) is 14.3. The summed E-state index contributed by atoms with van der Waals surface area (Å²) in [6.45, 7) is 2.91. The van der Waals surface area contributed by atoms with Crippen LogP contribution in [-0.2, 0) is 9.59 Å². The van der Waals surface area contributed by atoms with E-state index in [2.05, 4.69) is 31.2 Å². The first-order valence-electron chi connectivity index (χ1n) is 7.27. The highest BCUT2D eigenvalue weighted by Gasteiger charge is 2.38. The minimum Gasteiger partial charge on any atom is -0.344 e. The van der Waals surface area contributed by atoms with Crippen LogP contribution in [0, 0.1) is 0 Å². The summed E-state index contributed by atoms with van der Waals surface area (Å²) in [6, 6.07) is 0.339. The summed E-state index contributed by atoms with van der Waals surface area (Å²) in [5, 5.41) is 2.88. The molecule has 0 aliphatic carbocycles. The van der Waals surface area contributed by atoms with Crippen molar-refractivity contribution < 1.29 is 9.59 Å². The Morgan fingerprint density at radius 3 is 2.68 bits per heavy atom. The molecule has 2 aliphatic rings. The molecule has 3 atom stereocenters. The van der Waals surface area contributed by atoms with Crippen LogP contribution in [0.5, 0.6) is 0 Å². The molecule has 0 aromatic rings. The molecule has 0 aromatic heterocycles. The number of nitrogens with zero attached hydrogens (tertiary/aromatic N) is 2. The zero-order valence-corrected chi connectivity index (χ0v) is 12.2. The smallest absolute Gasteiger partial charge is 0.245 e. The summed E-state index contributed by atoms with van der Waals surface area (Å²) in [7, 11) is 4.12. The zero-order valence-electron chi connectivity index (χ0n) is 12.2. The van der Waals surface area contributed by atoms with Gasteiger partial charge in [-0.3, -0.25) is 9.59 Å². The highest BCUT2D eigenvalue weighted by atomic mass is 16.2. The Kier molecular flexibility index (Phi) is 4.45. The fraction of sp³-hybridized carbons (Fsp3) is 0.857. The van der Waals surface area contributed by atoms with E-state index in [0.29, 0.717) is 12.5 Å². The third-order valence-corrected chi connectivity index (χ3v) is 4.44. The lowest BCUT2D eigenvalue weighted by molar-refractivity contribution is -0.137. The van der Waals surface area contributed by atoms with E-state index in [1.807, 2.05) is 4.90 Å². The molecule has 1 N–H and O–H groups in total. The van der Waals surface area contributed by atoms with Gasteiger partial charge in [0.05, 0.1) is 0 Å². The molecule has 108 valence electrons. The van der Waals surface area contributed by atoms with E-state index in [-0.39, 0.29) is 23.9 Å². The topological polar surface area (TPSA) is 52.7 Å². The van der Waals surface area contributed by atoms with Crippen LogP contribution in [0.15, 0.2) is 0 Å². The van der Waals surface area contributed by atoms with Gasteiger partial charge in [0.15, 0.2) is 0 Å². The summed E-state index contributed by atoms with van der Waals surface area (Å²) in [6.07, 6.45) is 4.20. The van der Waals surface area contributed by atoms with Crippen LogP contribution in [0.3, 0.4) is 0 Å². The molecule has 5 nitrogen and oxygen atoms in total. The van der Waals surface area contributed by atoms with Crippen molar-refractivity contribution in [3.63, 3.8) is 0 Å². The van der Waals surface area contributed by atoms with Crippen molar-refractivity contribution in [3.8, 4) is 0 Å². The maximum Gasteiger partial charge on any atom is 0.245 e. The molecule has 2 heterocycles. The van der Waals surface area contributed by atoms with Gasteiger partial charge in [-0.2, -0.15) is 0 Å². The van der Waals surface area contributed by atoms with Crippen molar-refractivity contribution in [1.29, 1.82) is 0 Å². The largest absolute Gasteiger partial charge is 0.344 e. The number of hydrogen-bond donors (Lipinski definition) is 1. The fourth-order valence-electron chi connectivity index (χ4n) is 3.28. The Balaban J connectivity index is 2.01. The second-order valence-corrected chi connectivity index (χ2v) is 5.96. The molecule has 2 fully saturated rings. The monoisotopic (exact) mass is 267 g/mol. The average molecular weight is 267 g/mol. The molecular formula is C14H25N3O2. The quantitative estimate of drug-likeness (QED) is 0.797. The fourth-order valence-corrected chi connectivity index (χ4v) is 3.28. The highest BCUT2D eigenvalue weighted by molar-refractivity contribution is 5.88. The van der Waals surface area contributed by atoms with Gasteiger partial charge in [0.2, 0.25) is 11.8 Å². The van der Waals surface area contributed by atoms with Crippen LogP contribution in [-0.4, -0.2) is 60.4 Å².